The van der Waals surface area contributed by atoms with Crippen LogP contribution in [0.5, 0.6) is 0 Å². The van der Waals surface area contributed by atoms with E-state index in [1.54, 1.807) is 0 Å². The summed E-state index contributed by atoms with van der Waals surface area (Å²) in [5.41, 5.74) is 0. The molecule has 0 saturated carbocycles. The van der Waals surface area contributed by atoms with Crippen molar-refractivity contribution in [1.29, 1.82) is 0 Å². The predicted molar refractivity (Wildman–Crippen MR) is 59.3 cm³/mol. The number of amides is 2. The number of nitrogens with one attached hydrogen (secondary N) is 2. The van der Waals surface area contributed by atoms with Gasteiger partial charge in [-0.15, -0.1) is 0 Å². The van der Waals surface area contributed by atoms with Crippen molar-refractivity contribution in [2.45, 2.75) is 31.5 Å². The molecule has 0 aromatic rings. The highest BCUT2D eigenvalue weighted by Gasteiger charge is 2.11. The molecule has 0 radical (unpaired) electrons. The third kappa shape index (κ3) is 5.96. The normalized spacial score (nSPS) is 11.9. The average Bonchev–Trinajstić information content (AvgIpc) is 2.16. The molecule has 0 aliphatic rings. The van der Waals surface area contributed by atoms with Gasteiger partial charge in [-0.3, -0.25) is 9.59 Å². The van der Waals surface area contributed by atoms with Gasteiger partial charge in [-0.1, -0.05) is 22.9 Å². The third-order valence-corrected chi connectivity index (χ3v) is 2.73. The maximum Gasteiger partial charge on any atom is 0.233 e. The molecule has 2 N–H and O–H groups in total. The van der Waals surface area contributed by atoms with Crippen LogP contribution in [0.1, 0.15) is 26.7 Å². The SMILES string of the molecule is CCNC(=O)CCNC(=O)C(Br)CC. The molecule has 1 unspecified atom stereocenters. The summed E-state index contributed by atoms with van der Waals surface area (Å²) in [6, 6.07) is 0. The number of carbonyl (C=O) groups excluding carboxylic acids is 2. The molecule has 14 heavy (non-hydrogen) atoms. The number of halogens is 1. The van der Waals surface area contributed by atoms with E-state index in [9.17, 15) is 9.59 Å². The zero-order valence-corrected chi connectivity index (χ0v) is 10.2. The molecule has 0 aromatic carbocycles. The molecule has 0 rings (SSSR count). The number of carbonyl (C=O) groups is 2. The van der Waals surface area contributed by atoms with Gasteiger partial charge in [0.2, 0.25) is 11.8 Å². The molecule has 0 aliphatic heterocycles. The average molecular weight is 265 g/mol. The summed E-state index contributed by atoms with van der Waals surface area (Å²) in [5.74, 6) is -0.0905. The summed E-state index contributed by atoms with van der Waals surface area (Å²) in [6.45, 7) is 4.81. The maximum absolute atomic E-state index is 11.2. The first kappa shape index (κ1) is 13.4. The number of hydrogen-bond donors (Lipinski definition) is 2. The number of alkyl halides is 1. The van der Waals surface area contributed by atoms with Crippen molar-refractivity contribution in [2.24, 2.45) is 0 Å². The Hall–Kier alpha value is -0.580. The van der Waals surface area contributed by atoms with Crippen LogP contribution in [0.2, 0.25) is 0 Å². The second kappa shape index (κ2) is 7.79. The lowest BCUT2D eigenvalue weighted by atomic mass is 10.3. The monoisotopic (exact) mass is 264 g/mol. The van der Waals surface area contributed by atoms with Gasteiger partial charge in [-0.2, -0.15) is 0 Å². The van der Waals surface area contributed by atoms with E-state index in [-0.39, 0.29) is 16.6 Å². The Balaban J connectivity index is 3.54. The molecule has 0 aliphatic carbocycles. The van der Waals surface area contributed by atoms with Gasteiger partial charge in [0.05, 0.1) is 4.83 Å². The van der Waals surface area contributed by atoms with E-state index >= 15 is 0 Å². The van der Waals surface area contributed by atoms with Gasteiger partial charge in [0.25, 0.3) is 0 Å². The Morgan fingerprint density at radius 3 is 2.43 bits per heavy atom. The van der Waals surface area contributed by atoms with Gasteiger partial charge in [0, 0.05) is 19.5 Å². The predicted octanol–water partition coefficient (Wildman–Crippen LogP) is 0.802. The lowest BCUT2D eigenvalue weighted by Crippen LogP contribution is -2.34. The van der Waals surface area contributed by atoms with Crippen molar-refractivity contribution < 1.29 is 9.59 Å². The molecule has 2 amide bonds. The van der Waals surface area contributed by atoms with Crippen LogP contribution in [0.25, 0.3) is 0 Å². The second-order valence-electron chi connectivity index (χ2n) is 2.87. The van der Waals surface area contributed by atoms with Crippen molar-refractivity contribution in [3.05, 3.63) is 0 Å². The zero-order chi connectivity index (χ0) is 11.0. The van der Waals surface area contributed by atoms with E-state index in [2.05, 4.69) is 26.6 Å². The third-order valence-electron chi connectivity index (χ3n) is 1.67. The molecule has 0 spiro atoms. The van der Waals surface area contributed by atoms with Gasteiger partial charge in [-0.25, -0.2) is 0 Å². The van der Waals surface area contributed by atoms with Crippen molar-refractivity contribution >= 4 is 27.7 Å². The van der Waals surface area contributed by atoms with Crippen LogP contribution in [0.3, 0.4) is 0 Å². The topological polar surface area (TPSA) is 58.2 Å². The van der Waals surface area contributed by atoms with Gasteiger partial charge in [-0.05, 0) is 13.3 Å². The Morgan fingerprint density at radius 2 is 1.93 bits per heavy atom. The Bertz CT molecular complexity index is 197. The van der Waals surface area contributed by atoms with Crippen LogP contribution in [-0.2, 0) is 9.59 Å². The minimum atomic E-state index is -0.156. The quantitative estimate of drug-likeness (QED) is 0.698. The molecule has 0 fully saturated rings. The van der Waals surface area contributed by atoms with E-state index in [1.165, 1.54) is 0 Å². The summed E-state index contributed by atoms with van der Waals surface area (Å²) in [7, 11) is 0. The van der Waals surface area contributed by atoms with E-state index in [0.717, 1.165) is 6.42 Å². The van der Waals surface area contributed by atoms with E-state index in [1.807, 2.05) is 13.8 Å². The van der Waals surface area contributed by atoms with Gasteiger partial charge >= 0.3 is 0 Å². The summed E-state index contributed by atoms with van der Waals surface area (Å²) in [4.78, 5) is 22.1. The summed E-state index contributed by atoms with van der Waals surface area (Å²) < 4.78 is 0. The minimum Gasteiger partial charge on any atom is -0.356 e. The highest BCUT2D eigenvalue weighted by Crippen LogP contribution is 2.03. The molecule has 5 heteroatoms. The summed E-state index contributed by atoms with van der Waals surface area (Å²) in [6.07, 6.45) is 1.08. The van der Waals surface area contributed by atoms with Crippen LogP contribution in [-0.4, -0.2) is 29.7 Å². The van der Waals surface area contributed by atoms with Crippen molar-refractivity contribution in [3.63, 3.8) is 0 Å². The molecule has 0 aromatic heterocycles. The summed E-state index contributed by atoms with van der Waals surface area (Å²) >= 11 is 3.23. The largest absolute Gasteiger partial charge is 0.356 e. The number of hydrogen-bond acceptors (Lipinski definition) is 2. The summed E-state index contributed by atoms with van der Waals surface area (Å²) in [5, 5.41) is 5.34. The highest BCUT2D eigenvalue weighted by molar-refractivity contribution is 9.10. The molecule has 0 saturated heterocycles. The first-order valence-electron chi connectivity index (χ1n) is 4.80. The van der Waals surface area contributed by atoms with Crippen LogP contribution in [0.4, 0.5) is 0 Å². The minimum absolute atomic E-state index is 0.0320. The van der Waals surface area contributed by atoms with Gasteiger partial charge in [0.15, 0.2) is 0 Å². The lowest BCUT2D eigenvalue weighted by molar-refractivity contribution is -0.122. The first-order valence-corrected chi connectivity index (χ1v) is 5.71. The maximum atomic E-state index is 11.2. The van der Waals surface area contributed by atoms with Gasteiger partial charge in [0.1, 0.15) is 0 Å². The second-order valence-corrected chi connectivity index (χ2v) is 3.98. The lowest BCUT2D eigenvalue weighted by Gasteiger charge is -2.08. The Kier molecular flexibility index (Phi) is 7.47. The number of rotatable bonds is 6. The van der Waals surface area contributed by atoms with Gasteiger partial charge < -0.3 is 10.6 Å². The fourth-order valence-electron chi connectivity index (χ4n) is 0.881. The highest BCUT2D eigenvalue weighted by atomic mass is 79.9. The standard InChI is InChI=1S/C9H17BrN2O2/c1-3-7(10)9(14)12-6-5-8(13)11-4-2/h7H,3-6H2,1-2H3,(H,11,13)(H,12,14). The van der Waals surface area contributed by atoms with E-state index < -0.39 is 0 Å². The molecular formula is C9H17BrN2O2. The van der Waals surface area contributed by atoms with Crippen LogP contribution in [0, 0.1) is 0 Å². The fourth-order valence-corrected chi connectivity index (χ4v) is 1.04. The van der Waals surface area contributed by atoms with Crippen LogP contribution >= 0.6 is 15.9 Å². The molecule has 1 atom stereocenters. The molecule has 0 bridgehead atoms. The van der Waals surface area contributed by atoms with Crippen molar-refractivity contribution in [3.8, 4) is 0 Å². The van der Waals surface area contributed by atoms with Crippen molar-refractivity contribution in [1.82, 2.24) is 10.6 Å². The molecule has 82 valence electrons. The smallest absolute Gasteiger partial charge is 0.233 e. The van der Waals surface area contributed by atoms with Crippen LogP contribution in [0.15, 0.2) is 0 Å². The fraction of sp³-hybridized carbons (Fsp3) is 0.778. The van der Waals surface area contributed by atoms with E-state index in [4.69, 9.17) is 0 Å². The Labute approximate surface area is 92.9 Å². The van der Waals surface area contributed by atoms with Crippen molar-refractivity contribution in [2.75, 3.05) is 13.1 Å². The molecule has 4 nitrogen and oxygen atoms in total. The zero-order valence-electron chi connectivity index (χ0n) is 8.60. The van der Waals surface area contributed by atoms with E-state index in [0.29, 0.717) is 19.5 Å². The molecule has 0 heterocycles. The first-order chi connectivity index (χ1) is 6.61. The van der Waals surface area contributed by atoms with Crippen LogP contribution < -0.4 is 10.6 Å². The molecular weight excluding hydrogens is 248 g/mol. The Morgan fingerprint density at radius 1 is 1.29 bits per heavy atom.